The zero-order valence-electron chi connectivity index (χ0n) is 26.2. The molecule has 1 aliphatic carbocycles. The predicted octanol–water partition coefficient (Wildman–Crippen LogP) is 4.85. The van der Waals surface area contributed by atoms with Gasteiger partial charge in [-0.15, -0.1) is 0 Å². The first-order valence-corrected chi connectivity index (χ1v) is 15.8. The van der Waals surface area contributed by atoms with E-state index in [0.29, 0.717) is 36.6 Å². The Hall–Kier alpha value is -4.84. The maximum Gasteiger partial charge on any atom is 0.439 e. The van der Waals surface area contributed by atoms with Crippen molar-refractivity contribution in [1.82, 2.24) is 29.3 Å². The molecule has 12 heteroatoms. The molecule has 2 N–H and O–H groups in total. The summed E-state index contributed by atoms with van der Waals surface area (Å²) < 4.78 is 8.41. The van der Waals surface area contributed by atoms with E-state index in [1.165, 1.54) is 6.33 Å². The lowest BCUT2D eigenvalue weighted by molar-refractivity contribution is -0.0528. The van der Waals surface area contributed by atoms with E-state index in [1.54, 1.807) is 13.8 Å². The largest absolute Gasteiger partial charge is 0.439 e. The molecule has 1 aliphatic heterocycles. The Bertz CT molecular complexity index is 2040. The van der Waals surface area contributed by atoms with E-state index >= 15 is 0 Å². The Kier molecular flexibility index (Phi) is 7.47. The molecule has 1 saturated carbocycles. The summed E-state index contributed by atoms with van der Waals surface area (Å²) in [5.74, 6) is 0.331. The minimum atomic E-state index is -1.02. The molecule has 46 heavy (non-hydrogen) atoms. The fourth-order valence-corrected chi connectivity index (χ4v) is 6.88. The molecule has 238 valence electrons. The lowest BCUT2D eigenvalue weighted by atomic mass is 9.77. The number of rotatable bonds is 8. The summed E-state index contributed by atoms with van der Waals surface area (Å²) in [5.41, 5.74) is 4.38. The second-order valence-electron chi connectivity index (χ2n) is 13.0. The molecular weight excluding hydrogens is 586 g/mol. The highest BCUT2D eigenvalue weighted by molar-refractivity contribution is 5.93. The van der Waals surface area contributed by atoms with Gasteiger partial charge in [-0.2, -0.15) is 10.1 Å². The van der Waals surface area contributed by atoms with E-state index in [2.05, 4.69) is 32.3 Å². The van der Waals surface area contributed by atoms with E-state index in [-0.39, 0.29) is 11.6 Å². The molecular formula is C34H37N7O5. The number of benzene rings is 2. The fourth-order valence-electron chi connectivity index (χ4n) is 6.88. The van der Waals surface area contributed by atoms with Crippen molar-refractivity contribution in [3.05, 3.63) is 92.6 Å². The van der Waals surface area contributed by atoms with Gasteiger partial charge in [-0.25, -0.2) is 9.31 Å². The number of aromatic nitrogens is 6. The second kappa shape index (κ2) is 11.5. The van der Waals surface area contributed by atoms with Crippen LogP contribution in [0.4, 0.5) is 0 Å². The normalized spacial score (nSPS) is 19.9. The van der Waals surface area contributed by atoms with Crippen LogP contribution in [0.2, 0.25) is 0 Å². The molecule has 0 amide bonds. The quantitative estimate of drug-likeness (QED) is 0.249. The Morgan fingerprint density at radius 3 is 2.46 bits per heavy atom. The number of hydrogen-bond donors (Lipinski definition) is 2. The fraction of sp³-hybridized carbons (Fsp3) is 0.412. The van der Waals surface area contributed by atoms with E-state index < -0.39 is 17.0 Å². The van der Waals surface area contributed by atoms with Crippen molar-refractivity contribution < 1.29 is 14.5 Å². The van der Waals surface area contributed by atoms with Gasteiger partial charge in [-0.1, -0.05) is 72.2 Å². The third-order valence-electron chi connectivity index (χ3n) is 9.36. The smallest absolute Gasteiger partial charge is 0.389 e. The molecule has 12 nitrogen and oxygen atoms in total. The van der Waals surface area contributed by atoms with Gasteiger partial charge in [0.15, 0.2) is 5.82 Å². The lowest BCUT2D eigenvalue weighted by Crippen LogP contribution is -2.41. The number of aryl methyl sites for hydroxylation is 1. The minimum absolute atomic E-state index is 0.0323. The third-order valence-corrected chi connectivity index (χ3v) is 9.36. The van der Waals surface area contributed by atoms with Gasteiger partial charge in [-0.05, 0) is 62.6 Å². The lowest BCUT2D eigenvalue weighted by Gasteiger charge is -2.36. The molecule has 4 heterocycles. The van der Waals surface area contributed by atoms with Crippen LogP contribution >= 0.6 is 0 Å². The highest BCUT2D eigenvalue weighted by Crippen LogP contribution is 2.43. The summed E-state index contributed by atoms with van der Waals surface area (Å²) in [5, 5.41) is 23.1. The number of nitrogens with one attached hydrogen (secondary N) is 1. The third kappa shape index (κ3) is 5.36. The number of aliphatic hydroxyl groups is 1. The molecule has 0 saturated heterocycles. The number of aromatic amines is 1. The van der Waals surface area contributed by atoms with Crippen LogP contribution in [-0.4, -0.2) is 51.3 Å². The zero-order valence-corrected chi connectivity index (χ0v) is 26.2. The van der Waals surface area contributed by atoms with Crippen LogP contribution in [0.25, 0.3) is 28.3 Å². The van der Waals surface area contributed by atoms with Crippen molar-refractivity contribution in [1.29, 1.82) is 0 Å². The molecule has 2 aromatic carbocycles. The summed E-state index contributed by atoms with van der Waals surface area (Å²) in [6, 6.07) is 15.7. The van der Waals surface area contributed by atoms with Gasteiger partial charge in [0.1, 0.15) is 17.5 Å². The first-order chi connectivity index (χ1) is 22.2. The molecule has 0 atom stereocenters. The molecule has 0 bridgehead atoms. The van der Waals surface area contributed by atoms with Crippen LogP contribution in [-0.2, 0) is 17.7 Å². The summed E-state index contributed by atoms with van der Waals surface area (Å²) >= 11 is 0. The van der Waals surface area contributed by atoms with Crippen molar-refractivity contribution in [2.24, 2.45) is 5.16 Å². The van der Waals surface area contributed by atoms with E-state index in [4.69, 9.17) is 9.36 Å². The molecule has 5 aromatic rings. The Balaban J connectivity index is 1.19. The summed E-state index contributed by atoms with van der Waals surface area (Å²) in [4.78, 5) is 39.1. The van der Waals surface area contributed by atoms with Gasteiger partial charge >= 0.3 is 5.76 Å². The van der Waals surface area contributed by atoms with E-state index in [9.17, 15) is 14.7 Å². The van der Waals surface area contributed by atoms with Crippen molar-refractivity contribution in [3.63, 3.8) is 0 Å². The molecule has 0 radical (unpaired) electrons. The van der Waals surface area contributed by atoms with Crippen LogP contribution in [0.5, 0.6) is 0 Å². The van der Waals surface area contributed by atoms with Gasteiger partial charge in [0, 0.05) is 30.0 Å². The van der Waals surface area contributed by atoms with Gasteiger partial charge in [-0.3, -0.25) is 18.9 Å². The predicted molar refractivity (Wildman–Crippen MR) is 172 cm³/mol. The standard InChI is InChI=1S/C34H37N7O5/c1-4-7-27-26(18-21-10-12-22(13-11-21)24-8-5-6-9-25(24)29-37-32(43)45-39-29)30(42)40(31-35-20-36-41(27)31)23-14-16-34(17-15-23)19-28(38-46-34)33(2,3)44/h5-6,8-13,20,23,44H,4,7,14-19H2,1-3H3,(H,37,39,43)/t23-,34+. The molecule has 2 aliphatic rings. The van der Waals surface area contributed by atoms with E-state index in [0.717, 1.165) is 65.6 Å². The number of nitrogens with zero attached hydrogens (tertiary/aromatic N) is 6. The molecule has 3 aromatic heterocycles. The number of H-pyrrole nitrogens is 1. The van der Waals surface area contributed by atoms with Crippen molar-refractivity contribution >= 4 is 11.5 Å². The first-order valence-electron chi connectivity index (χ1n) is 15.8. The summed E-state index contributed by atoms with van der Waals surface area (Å²) in [6.45, 7) is 5.56. The zero-order chi connectivity index (χ0) is 32.1. The Labute approximate surface area is 264 Å². The van der Waals surface area contributed by atoms with Gasteiger partial charge in [0.2, 0.25) is 5.78 Å². The van der Waals surface area contributed by atoms with Crippen molar-refractivity contribution in [2.75, 3.05) is 0 Å². The van der Waals surface area contributed by atoms with Gasteiger partial charge in [0.05, 0.1) is 11.4 Å². The highest BCUT2D eigenvalue weighted by atomic mass is 16.7. The molecule has 1 spiro atoms. The van der Waals surface area contributed by atoms with Gasteiger partial charge < -0.3 is 9.94 Å². The average Bonchev–Trinajstić information content (AvgIpc) is 3.81. The average molecular weight is 624 g/mol. The summed E-state index contributed by atoms with van der Waals surface area (Å²) in [7, 11) is 0. The number of fused-ring (bicyclic) bond motifs is 1. The topological polar surface area (TPSA) is 153 Å². The Morgan fingerprint density at radius 2 is 1.80 bits per heavy atom. The molecule has 0 unspecified atom stereocenters. The molecule has 1 fully saturated rings. The second-order valence-corrected chi connectivity index (χ2v) is 13.0. The maximum atomic E-state index is 14.4. The highest BCUT2D eigenvalue weighted by Gasteiger charge is 2.46. The minimum Gasteiger partial charge on any atom is -0.389 e. The van der Waals surface area contributed by atoms with Crippen LogP contribution in [0.3, 0.4) is 0 Å². The van der Waals surface area contributed by atoms with Crippen LogP contribution < -0.4 is 11.3 Å². The SMILES string of the molecule is CCCc1c(Cc2ccc(-c3ccccc3-c3noc(=O)[nH]3)cc2)c(=O)n([C@H]2CC[C@@]3(CC2)CC(C(C)(C)O)=NO3)c2ncnn12. The van der Waals surface area contributed by atoms with E-state index in [1.807, 2.05) is 57.6 Å². The number of oxime groups is 1. The maximum absolute atomic E-state index is 14.4. The Morgan fingerprint density at radius 1 is 1.07 bits per heavy atom. The number of hydrogen-bond acceptors (Lipinski definition) is 9. The monoisotopic (exact) mass is 623 g/mol. The van der Waals surface area contributed by atoms with Gasteiger partial charge in [0.25, 0.3) is 5.56 Å². The summed E-state index contributed by atoms with van der Waals surface area (Å²) in [6.07, 6.45) is 7.04. The van der Waals surface area contributed by atoms with Crippen LogP contribution in [0, 0.1) is 0 Å². The van der Waals surface area contributed by atoms with Crippen molar-refractivity contribution in [2.45, 2.75) is 89.4 Å². The first kappa shape index (κ1) is 29.8. The molecule has 7 rings (SSSR count). The van der Waals surface area contributed by atoms with Crippen LogP contribution in [0.15, 0.2) is 74.1 Å². The van der Waals surface area contributed by atoms with Crippen molar-refractivity contribution in [3.8, 4) is 22.5 Å². The van der Waals surface area contributed by atoms with Crippen LogP contribution in [0.1, 0.15) is 82.2 Å².